The van der Waals surface area contributed by atoms with E-state index in [0.717, 1.165) is 23.6 Å². The van der Waals surface area contributed by atoms with Crippen LogP contribution in [0, 0.1) is 0 Å². The first-order chi connectivity index (χ1) is 9.63. The summed E-state index contributed by atoms with van der Waals surface area (Å²) < 4.78 is 0. The molecule has 0 aliphatic rings. The first-order valence-electron chi connectivity index (χ1n) is 6.90. The number of nitrogens with two attached hydrogens (primary N) is 1. The van der Waals surface area contributed by atoms with Crippen molar-refractivity contribution in [3.8, 4) is 0 Å². The molecule has 2 nitrogen and oxygen atoms in total. The zero-order valence-electron chi connectivity index (χ0n) is 12.0. The predicted octanol–water partition coefficient (Wildman–Crippen LogP) is 4.32. The van der Waals surface area contributed by atoms with Crippen LogP contribution in [0.15, 0.2) is 35.7 Å². The molecule has 0 spiro atoms. The fourth-order valence-electron chi connectivity index (χ4n) is 2.32. The van der Waals surface area contributed by atoms with E-state index in [1.165, 1.54) is 10.6 Å². The molecule has 0 fully saturated rings. The summed E-state index contributed by atoms with van der Waals surface area (Å²) in [5.74, 6) is 0. The highest BCUT2D eigenvalue weighted by molar-refractivity contribution is 7.09. The van der Waals surface area contributed by atoms with Gasteiger partial charge < -0.3 is 10.6 Å². The molecule has 1 aromatic carbocycles. The summed E-state index contributed by atoms with van der Waals surface area (Å²) in [5.41, 5.74) is 8.09. The van der Waals surface area contributed by atoms with Gasteiger partial charge in [-0.15, -0.1) is 11.3 Å². The normalized spacial score (nSPS) is 11.1. The van der Waals surface area contributed by atoms with E-state index in [0.29, 0.717) is 12.6 Å². The van der Waals surface area contributed by atoms with E-state index >= 15 is 0 Å². The molecule has 1 aromatic heterocycles. The van der Waals surface area contributed by atoms with Gasteiger partial charge in [0.15, 0.2) is 0 Å². The Morgan fingerprint density at radius 3 is 2.65 bits per heavy atom. The largest absolute Gasteiger partial charge is 0.364 e. The third-order valence-electron chi connectivity index (χ3n) is 3.33. The minimum absolute atomic E-state index is 0.409. The molecule has 4 heteroatoms. The third kappa shape index (κ3) is 3.54. The lowest BCUT2D eigenvalue weighted by Gasteiger charge is -2.31. The summed E-state index contributed by atoms with van der Waals surface area (Å²) >= 11 is 8.15. The Morgan fingerprint density at radius 2 is 2.05 bits per heavy atom. The van der Waals surface area contributed by atoms with Crippen LogP contribution in [0.2, 0.25) is 5.02 Å². The Kier molecular flexibility index (Phi) is 5.46. The fourth-order valence-corrected chi connectivity index (χ4v) is 3.29. The highest BCUT2D eigenvalue weighted by atomic mass is 35.5. The molecule has 2 N–H and O–H groups in total. The summed E-state index contributed by atoms with van der Waals surface area (Å²) in [5, 5.41) is 2.93. The average molecular weight is 309 g/mol. The molecule has 0 radical (unpaired) electrons. The minimum atomic E-state index is 0.409. The van der Waals surface area contributed by atoms with Gasteiger partial charge in [0, 0.05) is 21.6 Å². The van der Waals surface area contributed by atoms with Crippen LogP contribution < -0.4 is 10.6 Å². The van der Waals surface area contributed by atoms with Crippen molar-refractivity contribution in [3.05, 3.63) is 51.2 Å². The van der Waals surface area contributed by atoms with Crippen molar-refractivity contribution in [1.29, 1.82) is 0 Å². The van der Waals surface area contributed by atoms with Gasteiger partial charge in [-0.25, -0.2) is 0 Å². The van der Waals surface area contributed by atoms with Crippen LogP contribution in [0.1, 0.15) is 24.3 Å². The van der Waals surface area contributed by atoms with E-state index in [1.807, 2.05) is 12.1 Å². The maximum absolute atomic E-state index is 6.36. The van der Waals surface area contributed by atoms with Crippen LogP contribution in [0.3, 0.4) is 0 Å². The van der Waals surface area contributed by atoms with Gasteiger partial charge in [-0.05, 0) is 56.0 Å². The number of nitrogens with zero attached hydrogens (tertiary/aromatic N) is 1. The maximum atomic E-state index is 6.36. The highest BCUT2D eigenvalue weighted by Crippen LogP contribution is 2.31. The fraction of sp³-hybridized carbons (Fsp3) is 0.375. The summed E-state index contributed by atoms with van der Waals surface area (Å²) in [6.07, 6.45) is 0.808. The lowest BCUT2D eigenvalue weighted by atomic mass is 10.1. The van der Waals surface area contributed by atoms with Crippen LogP contribution in [0.5, 0.6) is 0 Å². The second kappa shape index (κ2) is 7.11. The van der Waals surface area contributed by atoms with Crippen molar-refractivity contribution in [3.63, 3.8) is 0 Å². The number of anilines is 1. The van der Waals surface area contributed by atoms with Crippen molar-refractivity contribution in [2.75, 3.05) is 11.4 Å². The summed E-state index contributed by atoms with van der Waals surface area (Å²) in [6.45, 7) is 5.94. The maximum Gasteiger partial charge on any atom is 0.0525 e. The Bertz CT molecular complexity index is 537. The molecule has 2 rings (SSSR count). The second-order valence-electron chi connectivity index (χ2n) is 5.08. The van der Waals surface area contributed by atoms with Crippen molar-refractivity contribution in [2.24, 2.45) is 5.73 Å². The van der Waals surface area contributed by atoms with Gasteiger partial charge >= 0.3 is 0 Å². The smallest absolute Gasteiger partial charge is 0.0525 e. The third-order valence-corrected chi connectivity index (χ3v) is 4.54. The molecule has 2 aromatic rings. The molecule has 0 atom stereocenters. The van der Waals surface area contributed by atoms with E-state index in [9.17, 15) is 0 Å². The minimum Gasteiger partial charge on any atom is -0.364 e. The van der Waals surface area contributed by atoms with Crippen LogP contribution in [-0.2, 0) is 13.0 Å². The summed E-state index contributed by atoms with van der Waals surface area (Å²) in [7, 11) is 0. The van der Waals surface area contributed by atoms with Gasteiger partial charge in [-0.3, -0.25) is 0 Å². The van der Waals surface area contributed by atoms with Gasteiger partial charge in [0.1, 0.15) is 0 Å². The molecular weight excluding hydrogens is 288 g/mol. The van der Waals surface area contributed by atoms with E-state index in [4.69, 9.17) is 17.3 Å². The van der Waals surface area contributed by atoms with E-state index in [-0.39, 0.29) is 0 Å². The van der Waals surface area contributed by atoms with Gasteiger partial charge in [-0.1, -0.05) is 23.7 Å². The zero-order valence-corrected chi connectivity index (χ0v) is 13.5. The predicted molar refractivity (Wildman–Crippen MR) is 89.8 cm³/mol. The molecule has 1 heterocycles. The topological polar surface area (TPSA) is 29.3 Å². The quantitative estimate of drug-likeness (QED) is 0.861. The Hall–Kier alpha value is -1.03. The van der Waals surface area contributed by atoms with Crippen LogP contribution >= 0.6 is 22.9 Å². The van der Waals surface area contributed by atoms with Crippen molar-refractivity contribution >= 4 is 28.6 Å². The molecule has 0 unspecified atom stereocenters. The number of hydrogen-bond donors (Lipinski definition) is 1. The van der Waals surface area contributed by atoms with E-state index in [1.54, 1.807) is 11.3 Å². The molecular formula is C16H21ClN2S. The van der Waals surface area contributed by atoms with Crippen molar-refractivity contribution < 1.29 is 0 Å². The van der Waals surface area contributed by atoms with Gasteiger partial charge in [0.05, 0.1) is 6.54 Å². The molecule has 0 saturated carbocycles. The number of halogens is 1. The Balaban J connectivity index is 2.36. The standard InChI is InChI=1S/C16H21ClN2S/c1-12(2)19(11-13-5-4-10-20-13)16-7-3-6-15(17)14(16)8-9-18/h3-7,10,12H,8-9,11,18H2,1-2H3. The van der Waals surface area contributed by atoms with E-state index in [2.05, 4.69) is 42.3 Å². The molecule has 20 heavy (non-hydrogen) atoms. The van der Waals surface area contributed by atoms with Gasteiger partial charge in [-0.2, -0.15) is 0 Å². The van der Waals surface area contributed by atoms with Crippen LogP contribution in [0.4, 0.5) is 5.69 Å². The zero-order chi connectivity index (χ0) is 14.5. The summed E-state index contributed by atoms with van der Waals surface area (Å²) in [6, 6.07) is 10.8. The SMILES string of the molecule is CC(C)N(Cc1cccs1)c1cccc(Cl)c1CCN. The molecule has 0 aliphatic heterocycles. The number of hydrogen-bond acceptors (Lipinski definition) is 3. The first kappa shape index (κ1) is 15.4. The number of rotatable bonds is 6. The Labute approximate surface area is 130 Å². The Morgan fingerprint density at radius 1 is 1.25 bits per heavy atom. The van der Waals surface area contributed by atoms with E-state index < -0.39 is 0 Å². The molecule has 0 aliphatic carbocycles. The van der Waals surface area contributed by atoms with Crippen LogP contribution in [-0.4, -0.2) is 12.6 Å². The lowest BCUT2D eigenvalue weighted by molar-refractivity contribution is 0.682. The summed E-state index contributed by atoms with van der Waals surface area (Å²) in [4.78, 5) is 3.75. The number of benzene rings is 1. The van der Waals surface area contributed by atoms with Crippen molar-refractivity contribution in [1.82, 2.24) is 0 Å². The van der Waals surface area contributed by atoms with Gasteiger partial charge in [0.2, 0.25) is 0 Å². The van der Waals surface area contributed by atoms with Crippen molar-refractivity contribution in [2.45, 2.75) is 32.9 Å². The average Bonchev–Trinajstić information content (AvgIpc) is 2.91. The van der Waals surface area contributed by atoms with Gasteiger partial charge in [0.25, 0.3) is 0 Å². The molecule has 108 valence electrons. The molecule has 0 bridgehead atoms. The molecule has 0 amide bonds. The number of thiophene rings is 1. The second-order valence-corrected chi connectivity index (χ2v) is 6.52. The highest BCUT2D eigenvalue weighted by Gasteiger charge is 2.16. The molecule has 0 saturated heterocycles. The first-order valence-corrected chi connectivity index (χ1v) is 8.15. The monoisotopic (exact) mass is 308 g/mol. The van der Waals surface area contributed by atoms with Crippen LogP contribution in [0.25, 0.3) is 0 Å². The lowest BCUT2D eigenvalue weighted by Crippen LogP contribution is -2.31.